The Kier molecular flexibility index (Phi) is 6.56. The van der Waals surface area contributed by atoms with Crippen LogP contribution in [0.2, 0.25) is 0 Å². The van der Waals surface area contributed by atoms with Crippen LogP contribution in [0, 0.1) is 34.0 Å². The monoisotopic (exact) mass is 635 g/mol. The zero-order chi connectivity index (χ0) is 33.8. The van der Waals surface area contributed by atoms with E-state index in [1.165, 1.54) is 0 Å². The summed E-state index contributed by atoms with van der Waals surface area (Å²) in [5.41, 5.74) is 11.4. The Balaban J connectivity index is 1.30. The quantitative estimate of drug-likeness (QED) is 0.193. The number of rotatable bonds is 4. The van der Waals surface area contributed by atoms with Crippen molar-refractivity contribution in [1.29, 1.82) is 15.8 Å². The predicted octanol–water partition coefficient (Wildman–Crippen LogP) is 10.8. The predicted molar refractivity (Wildman–Crippen MR) is 200 cm³/mol. The molecule has 7 aromatic carbocycles. The molecule has 0 aliphatic rings. The van der Waals surface area contributed by atoms with E-state index in [2.05, 4.69) is 94.1 Å². The van der Waals surface area contributed by atoms with Gasteiger partial charge in [-0.25, -0.2) is 0 Å². The fourth-order valence-electron chi connectivity index (χ4n) is 7.57. The summed E-state index contributed by atoms with van der Waals surface area (Å²) < 4.78 is 4.45. The van der Waals surface area contributed by atoms with Gasteiger partial charge < -0.3 is 9.13 Å². The highest BCUT2D eigenvalue weighted by atomic mass is 15.0. The average Bonchev–Trinajstić information content (AvgIpc) is 3.70. The molecule has 0 saturated carbocycles. The zero-order valence-electron chi connectivity index (χ0n) is 26.7. The number of hydrogen-bond donors (Lipinski definition) is 0. The second-order valence-electron chi connectivity index (χ2n) is 12.3. The molecule has 0 fully saturated rings. The summed E-state index contributed by atoms with van der Waals surface area (Å²) in [5, 5.41) is 34.2. The Morgan fingerprint density at radius 1 is 0.420 bits per heavy atom. The van der Waals surface area contributed by atoms with E-state index in [9.17, 15) is 15.8 Å². The molecule has 0 saturated heterocycles. The number of benzene rings is 7. The molecule has 230 valence electrons. The summed E-state index contributed by atoms with van der Waals surface area (Å²) in [4.78, 5) is 0. The van der Waals surface area contributed by atoms with Crippen molar-refractivity contribution in [3.05, 3.63) is 168 Å². The van der Waals surface area contributed by atoms with Crippen LogP contribution in [0.3, 0.4) is 0 Å². The zero-order valence-corrected chi connectivity index (χ0v) is 26.7. The van der Waals surface area contributed by atoms with Gasteiger partial charge in [-0.3, -0.25) is 0 Å². The van der Waals surface area contributed by atoms with E-state index in [1.54, 1.807) is 0 Å². The molecular weight excluding hydrogens is 611 g/mol. The van der Waals surface area contributed by atoms with Crippen molar-refractivity contribution in [2.75, 3.05) is 0 Å². The van der Waals surface area contributed by atoms with Crippen molar-refractivity contribution >= 4 is 43.6 Å². The Labute approximate surface area is 287 Å². The fourth-order valence-corrected chi connectivity index (χ4v) is 7.57. The number of aromatic nitrogens is 2. The maximum atomic E-state index is 10.5. The molecule has 9 aromatic rings. The van der Waals surface area contributed by atoms with Crippen molar-refractivity contribution in [3.8, 4) is 51.8 Å². The minimum atomic E-state index is 0.573. The van der Waals surface area contributed by atoms with Crippen LogP contribution in [0.5, 0.6) is 0 Å². The molecule has 5 heteroatoms. The van der Waals surface area contributed by atoms with Crippen molar-refractivity contribution in [2.45, 2.75) is 0 Å². The molecule has 0 aliphatic carbocycles. The molecule has 0 radical (unpaired) electrons. The molecule has 50 heavy (non-hydrogen) atoms. The van der Waals surface area contributed by atoms with Crippen LogP contribution in [-0.2, 0) is 0 Å². The Bertz CT molecular complexity index is 2970. The van der Waals surface area contributed by atoms with Gasteiger partial charge in [-0.1, -0.05) is 84.9 Å². The average molecular weight is 636 g/mol. The lowest BCUT2D eigenvalue weighted by Gasteiger charge is -2.18. The van der Waals surface area contributed by atoms with E-state index in [4.69, 9.17) is 0 Å². The largest absolute Gasteiger partial charge is 0.309 e. The van der Waals surface area contributed by atoms with Crippen LogP contribution in [0.25, 0.3) is 77.2 Å². The first-order valence-electron chi connectivity index (χ1n) is 16.3. The van der Waals surface area contributed by atoms with E-state index in [0.29, 0.717) is 16.7 Å². The topological polar surface area (TPSA) is 81.2 Å². The van der Waals surface area contributed by atoms with Crippen LogP contribution < -0.4 is 0 Å². The second-order valence-corrected chi connectivity index (χ2v) is 12.3. The molecule has 0 unspecified atom stereocenters. The van der Waals surface area contributed by atoms with Gasteiger partial charge in [-0.2, -0.15) is 15.8 Å². The van der Waals surface area contributed by atoms with Crippen molar-refractivity contribution < 1.29 is 0 Å². The first-order chi connectivity index (χ1) is 24.7. The maximum Gasteiger partial charge on any atom is 0.0998 e. The summed E-state index contributed by atoms with van der Waals surface area (Å²) in [5.74, 6) is 0. The molecular formula is C45H25N5. The Morgan fingerprint density at radius 3 is 1.88 bits per heavy atom. The van der Waals surface area contributed by atoms with Crippen molar-refractivity contribution in [3.63, 3.8) is 0 Å². The number of hydrogen-bond acceptors (Lipinski definition) is 3. The van der Waals surface area contributed by atoms with Gasteiger partial charge in [0.2, 0.25) is 0 Å². The highest BCUT2D eigenvalue weighted by Gasteiger charge is 2.21. The summed E-state index contributed by atoms with van der Waals surface area (Å²) in [7, 11) is 0. The minimum Gasteiger partial charge on any atom is -0.309 e. The van der Waals surface area contributed by atoms with Gasteiger partial charge in [0.25, 0.3) is 0 Å². The molecule has 2 heterocycles. The maximum absolute atomic E-state index is 10.5. The SMILES string of the molecule is N#Cc1ccc2c(c1)c1ccccc1n2-c1ccccc1-c1cccc(C#N)c1-c1cccc(-n2c3ccccc3c3c(C#N)cccc32)c1. The highest BCUT2D eigenvalue weighted by molar-refractivity contribution is 6.12. The first kappa shape index (κ1) is 28.8. The van der Waals surface area contributed by atoms with Gasteiger partial charge in [0.05, 0.1) is 62.7 Å². The van der Waals surface area contributed by atoms with E-state index in [0.717, 1.165) is 77.2 Å². The molecule has 0 spiro atoms. The Hall–Kier alpha value is -7.39. The summed E-state index contributed by atoms with van der Waals surface area (Å²) in [6.07, 6.45) is 0. The number of fused-ring (bicyclic) bond motifs is 6. The van der Waals surface area contributed by atoms with Crippen molar-refractivity contribution in [1.82, 2.24) is 9.13 Å². The van der Waals surface area contributed by atoms with Crippen molar-refractivity contribution in [2.24, 2.45) is 0 Å². The summed E-state index contributed by atoms with van der Waals surface area (Å²) in [6, 6.07) is 57.8. The third-order valence-corrected chi connectivity index (χ3v) is 9.63. The van der Waals surface area contributed by atoms with Gasteiger partial charge in [0.1, 0.15) is 0 Å². The summed E-state index contributed by atoms with van der Waals surface area (Å²) >= 11 is 0. The number of para-hydroxylation sites is 3. The second kappa shape index (κ2) is 11.4. The van der Waals surface area contributed by atoms with Gasteiger partial charge in [-0.15, -0.1) is 0 Å². The minimum absolute atomic E-state index is 0.573. The molecule has 2 aromatic heterocycles. The van der Waals surface area contributed by atoms with Gasteiger partial charge in [0.15, 0.2) is 0 Å². The lowest BCUT2D eigenvalue weighted by atomic mass is 9.90. The molecule has 0 atom stereocenters. The summed E-state index contributed by atoms with van der Waals surface area (Å²) in [6.45, 7) is 0. The Morgan fingerprint density at radius 2 is 1.06 bits per heavy atom. The van der Waals surface area contributed by atoms with Gasteiger partial charge >= 0.3 is 0 Å². The molecule has 5 nitrogen and oxygen atoms in total. The molecule has 0 aliphatic heterocycles. The lowest BCUT2D eigenvalue weighted by Crippen LogP contribution is -1.99. The first-order valence-corrected chi connectivity index (χ1v) is 16.3. The molecule has 9 rings (SSSR count). The van der Waals surface area contributed by atoms with Crippen LogP contribution in [0.1, 0.15) is 16.7 Å². The lowest BCUT2D eigenvalue weighted by molar-refractivity contribution is 1.18. The van der Waals surface area contributed by atoms with E-state index in [-0.39, 0.29) is 0 Å². The van der Waals surface area contributed by atoms with Crippen LogP contribution in [0.4, 0.5) is 0 Å². The number of nitriles is 3. The fraction of sp³-hybridized carbons (Fsp3) is 0. The van der Waals surface area contributed by atoms with Crippen LogP contribution in [0.15, 0.2) is 152 Å². The number of nitrogens with zero attached hydrogens (tertiary/aromatic N) is 5. The van der Waals surface area contributed by atoms with E-state index >= 15 is 0 Å². The standard InChI is InChI=1S/C45H25N5/c46-26-29-22-23-42-38(24-29)35-15-2-5-19-40(35)50(42)39-18-4-1-14-34(39)36-17-8-11-31(27-47)44(36)30-10-7-13-33(25-30)49-41-20-6-3-16-37(41)45-32(28-48)12-9-21-43(45)49/h1-25H. The van der Waals surface area contributed by atoms with E-state index < -0.39 is 0 Å². The third kappa shape index (κ3) is 4.24. The van der Waals surface area contributed by atoms with Gasteiger partial charge in [0, 0.05) is 38.4 Å². The van der Waals surface area contributed by atoms with E-state index in [1.807, 2.05) is 84.9 Å². The normalized spacial score (nSPS) is 11.1. The van der Waals surface area contributed by atoms with Crippen LogP contribution in [-0.4, -0.2) is 9.13 Å². The molecule has 0 N–H and O–H groups in total. The molecule has 0 amide bonds. The highest BCUT2D eigenvalue weighted by Crippen LogP contribution is 2.42. The smallest absolute Gasteiger partial charge is 0.0998 e. The molecule has 0 bridgehead atoms. The van der Waals surface area contributed by atoms with Gasteiger partial charge in [-0.05, 0) is 77.9 Å². The van der Waals surface area contributed by atoms with Crippen LogP contribution >= 0.6 is 0 Å². The third-order valence-electron chi connectivity index (χ3n) is 9.63.